The van der Waals surface area contributed by atoms with Crippen molar-refractivity contribution in [1.82, 2.24) is 14.1 Å². The molecule has 1 aromatic carbocycles. The highest BCUT2D eigenvalue weighted by molar-refractivity contribution is 5.99. The van der Waals surface area contributed by atoms with Crippen molar-refractivity contribution in [3.05, 3.63) is 58.5 Å². The van der Waals surface area contributed by atoms with Crippen molar-refractivity contribution in [2.24, 2.45) is 20.0 Å². The molecule has 3 aromatic rings. The third-order valence-corrected chi connectivity index (χ3v) is 5.66. The highest BCUT2D eigenvalue weighted by Crippen LogP contribution is 2.25. The van der Waals surface area contributed by atoms with E-state index in [4.69, 9.17) is 20.3 Å². The van der Waals surface area contributed by atoms with Crippen LogP contribution in [-0.2, 0) is 18.8 Å². The summed E-state index contributed by atoms with van der Waals surface area (Å²) in [6, 6.07) is 6.35. The molecule has 0 atom stereocenters. The number of hydrogen-bond donors (Lipinski definition) is 2. The molecule has 170 valence electrons. The Hall–Kier alpha value is -3.49. The van der Waals surface area contributed by atoms with Crippen molar-refractivity contribution in [2.45, 2.75) is 32.1 Å². The summed E-state index contributed by atoms with van der Waals surface area (Å²) in [6.45, 7) is 0. The van der Waals surface area contributed by atoms with Crippen molar-refractivity contribution in [1.29, 1.82) is 10.8 Å². The fourth-order valence-corrected chi connectivity index (χ4v) is 3.77. The Bertz CT molecular complexity index is 1160. The third kappa shape index (κ3) is 5.04. The molecule has 2 heterocycles. The molecule has 0 unspecified atom stereocenters. The lowest BCUT2D eigenvalue weighted by molar-refractivity contribution is 0.380. The molecular weight excluding hydrogens is 413 g/mol. The Labute approximate surface area is 185 Å². The van der Waals surface area contributed by atoms with Crippen LogP contribution in [0.15, 0.2) is 41.5 Å². The minimum Gasteiger partial charge on any atom is -0.494 e. The van der Waals surface area contributed by atoms with Crippen LogP contribution in [0.1, 0.15) is 37.7 Å². The Morgan fingerprint density at radius 2 is 1.78 bits per heavy atom. The summed E-state index contributed by atoms with van der Waals surface area (Å²) in [6.07, 6.45) is 8.84. The van der Waals surface area contributed by atoms with Gasteiger partial charge in [0.25, 0.3) is 0 Å². The molecule has 2 aromatic heterocycles. The van der Waals surface area contributed by atoms with Gasteiger partial charge in [-0.3, -0.25) is 24.9 Å². The molecule has 0 aliphatic heterocycles. The van der Waals surface area contributed by atoms with Gasteiger partial charge < -0.3 is 9.47 Å². The maximum Gasteiger partial charge on any atom is 0.328 e. The predicted molar refractivity (Wildman–Crippen MR) is 121 cm³/mol. The van der Waals surface area contributed by atoms with Crippen LogP contribution in [0, 0.1) is 22.6 Å². The second-order valence-corrected chi connectivity index (χ2v) is 7.75. The summed E-state index contributed by atoms with van der Waals surface area (Å²) in [7, 11) is 4.64. The molecule has 1 aliphatic rings. The minimum atomic E-state index is -0.466. The van der Waals surface area contributed by atoms with Crippen molar-refractivity contribution >= 4 is 22.8 Å². The number of fused-ring (bicyclic) bond motifs is 1. The first-order valence-corrected chi connectivity index (χ1v) is 10.5. The third-order valence-electron chi connectivity index (χ3n) is 5.66. The first kappa shape index (κ1) is 23.2. The lowest BCUT2D eigenvalue weighted by Gasteiger charge is -2.21. The maximum atomic E-state index is 13.4. The van der Waals surface area contributed by atoms with Gasteiger partial charge in [0.2, 0.25) is 5.90 Å². The molecular formula is C23H28FN5O3. The van der Waals surface area contributed by atoms with Gasteiger partial charge in [-0.15, -0.1) is 0 Å². The standard InChI is InChI=1S/C13H17N3O.C10H11FN2O2/c14-12(10-5-2-1-3-6-10)17-13(15)11-7-4-8-16-9-11;1-12-7-4-6(11)9(15-3)5-8(7)13(2)10(12)14/h4,7-10,14-15H,1-3,5-6H2;4-5H,1-3H3. The molecule has 2 N–H and O–H groups in total. The van der Waals surface area contributed by atoms with E-state index in [2.05, 4.69) is 4.98 Å². The first-order valence-electron chi connectivity index (χ1n) is 10.5. The summed E-state index contributed by atoms with van der Waals surface area (Å²) < 4.78 is 26.4. The van der Waals surface area contributed by atoms with E-state index < -0.39 is 5.82 Å². The van der Waals surface area contributed by atoms with Crippen LogP contribution in [-0.4, -0.2) is 33.0 Å². The van der Waals surface area contributed by atoms with Crippen LogP contribution in [0.2, 0.25) is 0 Å². The van der Waals surface area contributed by atoms with Crippen molar-refractivity contribution in [2.75, 3.05) is 7.11 Å². The summed E-state index contributed by atoms with van der Waals surface area (Å²) >= 11 is 0. The molecule has 9 heteroatoms. The van der Waals surface area contributed by atoms with E-state index in [0.29, 0.717) is 16.6 Å². The first-order chi connectivity index (χ1) is 15.3. The number of aromatic nitrogens is 3. The zero-order chi connectivity index (χ0) is 23.3. The average Bonchev–Trinajstić information content (AvgIpc) is 3.03. The molecule has 0 amide bonds. The normalized spacial score (nSPS) is 13.9. The van der Waals surface area contributed by atoms with E-state index >= 15 is 0 Å². The van der Waals surface area contributed by atoms with Gasteiger partial charge in [0.15, 0.2) is 17.5 Å². The monoisotopic (exact) mass is 441 g/mol. The van der Waals surface area contributed by atoms with Crippen molar-refractivity contribution < 1.29 is 13.9 Å². The molecule has 0 saturated heterocycles. The summed E-state index contributed by atoms with van der Waals surface area (Å²) in [5, 5.41) is 15.7. The molecule has 32 heavy (non-hydrogen) atoms. The number of halogens is 1. The summed E-state index contributed by atoms with van der Waals surface area (Å²) in [4.78, 5) is 15.5. The maximum absolute atomic E-state index is 13.4. The van der Waals surface area contributed by atoms with Crippen LogP contribution >= 0.6 is 0 Å². The zero-order valence-electron chi connectivity index (χ0n) is 18.5. The molecule has 1 aliphatic carbocycles. The molecule has 1 fully saturated rings. The number of nitrogens with one attached hydrogen (secondary N) is 2. The van der Waals surface area contributed by atoms with E-state index in [0.717, 1.165) is 25.7 Å². The van der Waals surface area contributed by atoms with Gasteiger partial charge in [0.1, 0.15) is 0 Å². The summed E-state index contributed by atoms with van der Waals surface area (Å²) in [5.74, 6) is 0.128. The van der Waals surface area contributed by atoms with Crippen molar-refractivity contribution in [3.8, 4) is 5.75 Å². The zero-order valence-corrected chi connectivity index (χ0v) is 18.5. The van der Waals surface area contributed by atoms with Crippen LogP contribution in [0.25, 0.3) is 11.0 Å². The highest BCUT2D eigenvalue weighted by atomic mass is 19.1. The smallest absolute Gasteiger partial charge is 0.328 e. The van der Waals surface area contributed by atoms with E-state index in [1.807, 2.05) is 0 Å². The molecule has 0 spiro atoms. The highest BCUT2D eigenvalue weighted by Gasteiger charge is 2.21. The Morgan fingerprint density at radius 1 is 1.12 bits per heavy atom. The predicted octanol–water partition coefficient (Wildman–Crippen LogP) is 4.01. The van der Waals surface area contributed by atoms with Gasteiger partial charge in [-0.25, -0.2) is 9.18 Å². The number of pyridine rings is 1. The van der Waals surface area contributed by atoms with Gasteiger partial charge in [-0.1, -0.05) is 19.3 Å². The van der Waals surface area contributed by atoms with Crippen LogP contribution in [0.4, 0.5) is 4.39 Å². The molecule has 4 rings (SSSR count). The van der Waals surface area contributed by atoms with E-state index in [-0.39, 0.29) is 29.2 Å². The Kier molecular flexibility index (Phi) is 7.40. The molecule has 1 saturated carbocycles. The van der Waals surface area contributed by atoms with Crippen molar-refractivity contribution in [3.63, 3.8) is 0 Å². The van der Waals surface area contributed by atoms with Crippen LogP contribution < -0.4 is 10.4 Å². The lowest BCUT2D eigenvalue weighted by Crippen LogP contribution is -2.22. The number of ether oxygens (including phenoxy) is 2. The lowest BCUT2D eigenvalue weighted by atomic mass is 9.89. The van der Waals surface area contributed by atoms with Gasteiger partial charge in [-0.2, -0.15) is 0 Å². The number of aryl methyl sites for hydroxylation is 2. The molecule has 0 bridgehead atoms. The summed E-state index contributed by atoms with van der Waals surface area (Å²) in [5.41, 5.74) is 1.65. The average molecular weight is 442 g/mol. The quantitative estimate of drug-likeness (QED) is 0.473. The van der Waals surface area contributed by atoms with Gasteiger partial charge in [0.05, 0.1) is 23.7 Å². The largest absolute Gasteiger partial charge is 0.494 e. The second-order valence-electron chi connectivity index (χ2n) is 7.75. The fourth-order valence-electron chi connectivity index (χ4n) is 3.77. The van der Waals surface area contributed by atoms with E-state index in [9.17, 15) is 9.18 Å². The number of imidazole rings is 1. The van der Waals surface area contributed by atoms with Crippen LogP contribution in [0.5, 0.6) is 5.75 Å². The Morgan fingerprint density at radius 3 is 2.38 bits per heavy atom. The van der Waals surface area contributed by atoms with Gasteiger partial charge >= 0.3 is 5.69 Å². The molecule has 8 nitrogen and oxygen atoms in total. The topological polar surface area (TPSA) is 106 Å². The van der Waals surface area contributed by atoms with E-state index in [1.165, 1.54) is 34.8 Å². The number of nitrogens with zero attached hydrogens (tertiary/aromatic N) is 3. The number of hydrogen-bond acceptors (Lipinski definition) is 6. The van der Waals surface area contributed by atoms with Crippen LogP contribution in [0.3, 0.4) is 0 Å². The van der Waals surface area contributed by atoms with Gasteiger partial charge in [-0.05, 0) is 25.0 Å². The number of benzene rings is 1. The SMILES string of the molecule is COc1cc2c(cc1F)n(C)c(=O)n2C.N=C(OC(=N)C1CCCCC1)c1cccnc1. The second kappa shape index (κ2) is 10.2. The number of rotatable bonds is 3. The minimum absolute atomic E-state index is 0.0219. The van der Waals surface area contributed by atoms with E-state index in [1.54, 1.807) is 38.6 Å². The molecule has 0 radical (unpaired) electrons. The Balaban J connectivity index is 0.000000182. The fraction of sp³-hybridized carbons (Fsp3) is 0.391. The van der Waals surface area contributed by atoms with Gasteiger partial charge in [0, 0.05) is 44.5 Å². The number of methoxy groups -OCH3 is 1.